The molecule has 1 heterocycles. The highest BCUT2D eigenvalue weighted by Gasteiger charge is 2.49. The molecule has 1 saturated heterocycles. The number of alkyl halides is 4. The molecule has 2 rings (SSSR count). The minimum atomic E-state index is -4.26. The molecule has 2 aliphatic rings. The smallest absolute Gasteiger partial charge is 0.315 e. The average Bonchev–Trinajstić information content (AvgIpc) is 2.47. The third-order valence-corrected chi connectivity index (χ3v) is 6.33. The van der Waals surface area contributed by atoms with Gasteiger partial charge in [-0.05, 0) is 50.5 Å². The van der Waals surface area contributed by atoms with Crippen LogP contribution in [0.25, 0.3) is 0 Å². The highest BCUT2D eigenvalue weighted by Crippen LogP contribution is 2.42. The first-order chi connectivity index (χ1) is 10.8. The Bertz CT molecular complexity index is 358. The molecule has 1 aliphatic carbocycles. The SMILES string of the molecule is CCN(SC1CNCC(C)C1)C(C1CCC(F)CC1)C(F)(F)F. The Labute approximate surface area is 140 Å². The van der Waals surface area contributed by atoms with E-state index in [1.54, 1.807) is 6.92 Å². The van der Waals surface area contributed by atoms with E-state index in [-0.39, 0.29) is 18.1 Å². The monoisotopic (exact) mass is 356 g/mol. The van der Waals surface area contributed by atoms with Crippen molar-refractivity contribution in [3.63, 3.8) is 0 Å². The average molecular weight is 356 g/mol. The topological polar surface area (TPSA) is 15.3 Å². The van der Waals surface area contributed by atoms with Crippen molar-refractivity contribution in [3.05, 3.63) is 0 Å². The van der Waals surface area contributed by atoms with Gasteiger partial charge in [-0.1, -0.05) is 25.8 Å². The zero-order valence-corrected chi connectivity index (χ0v) is 14.7. The third-order valence-electron chi connectivity index (χ3n) is 4.92. The summed E-state index contributed by atoms with van der Waals surface area (Å²) in [5.41, 5.74) is 0. The van der Waals surface area contributed by atoms with Gasteiger partial charge in [0.25, 0.3) is 0 Å². The van der Waals surface area contributed by atoms with E-state index in [4.69, 9.17) is 0 Å². The minimum Gasteiger partial charge on any atom is -0.315 e. The minimum absolute atomic E-state index is 0.182. The maximum absolute atomic E-state index is 13.7. The molecule has 1 N–H and O–H groups in total. The number of rotatable bonds is 5. The molecule has 136 valence electrons. The normalized spacial score (nSPS) is 34.6. The van der Waals surface area contributed by atoms with Crippen LogP contribution in [-0.4, -0.2) is 47.6 Å². The van der Waals surface area contributed by atoms with Crippen LogP contribution in [0.4, 0.5) is 17.6 Å². The molecule has 0 aromatic carbocycles. The number of nitrogens with one attached hydrogen (secondary N) is 1. The Balaban J connectivity index is 2.05. The van der Waals surface area contributed by atoms with Gasteiger partial charge in [0.1, 0.15) is 12.2 Å². The summed E-state index contributed by atoms with van der Waals surface area (Å²) in [6.07, 6.45) is -3.04. The van der Waals surface area contributed by atoms with Crippen molar-refractivity contribution in [1.82, 2.24) is 9.62 Å². The lowest BCUT2D eigenvalue weighted by atomic mass is 9.82. The second-order valence-electron chi connectivity index (χ2n) is 6.96. The predicted octanol–water partition coefficient (Wildman–Crippen LogP) is 4.41. The summed E-state index contributed by atoms with van der Waals surface area (Å²) < 4.78 is 55.9. The Morgan fingerprint density at radius 2 is 1.83 bits per heavy atom. The Kier molecular flexibility index (Phi) is 7.04. The lowest BCUT2D eigenvalue weighted by Crippen LogP contribution is -2.50. The van der Waals surface area contributed by atoms with Gasteiger partial charge in [-0.25, -0.2) is 8.70 Å². The molecule has 1 saturated carbocycles. The molecule has 3 atom stereocenters. The number of halogens is 4. The van der Waals surface area contributed by atoms with Crippen LogP contribution in [0.3, 0.4) is 0 Å². The van der Waals surface area contributed by atoms with Crippen LogP contribution in [-0.2, 0) is 0 Å². The number of hydrogen-bond donors (Lipinski definition) is 1. The molecule has 3 unspecified atom stereocenters. The molecule has 1 aliphatic heterocycles. The van der Waals surface area contributed by atoms with Crippen LogP contribution in [0.1, 0.15) is 46.0 Å². The molecule has 2 nitrogen and oxygen atoms in total. The summed E-state index contributed by atoms with van der Waals surface area (Å²) in [5, 5.41) is 3.48. The van der Waals surface area contributed by atoms with Crippen LogP contribution in [0, 0.1) is 11.8 Å². The van der Waals surface area contributed by atoms with E-state index in [0.29, 0.717) is 25.3 Å². The van der Waals surface area contributed by atoms with Gasteiger partial charge in [-0.3, -0.25) is 0 Å². The van der Waals surface area contributed by atoms with Gasteiger partial charge in [0.05, 0.1) is 0 Å². The van der Waals surface area contributed by atoms with E-state index in [2.05, 4.69) is 12.2 Å². The predicted molar refractivity (Wildman–Crippen MR) is 87.1 cm³/mol. The van der Waals surface area contributed by atoms with E-state index < -0.39 is 24.3 Å². The Morgan fingerprint density at radius 3 is 2.35 bits per heavy atom. The van der Waals surface area contributed by atoms with Crippen LogP contribution in [0.2, 0.25) is 0 Å². The Morgan fingerprint density at radius 1 is 1.17 bits per heavy atom. The van der Waals surface area contributed by atoms with Gasteiger partial charge in [-0.2, -0.15) is 13.2 Å². The lowest BCUT2D eigenvalue weighted by molar-refractivity contribution is -0.186. The summed E-state index contributed by atoms with van der Waals surface area (Å²) in [6.45, 7) is 5.96. The molecular weight excluding hydrogens is 328 g/mol. The fourth-order valence-electron chi connectivity index (χ4n) is 3.77. The van der Waals surface area contributed by atoms with E-state index >= 15 is 0 Å². The van der Waals surface area contributed by atoms with Crippen molar-refractivity contribution < 1.29 is 17.6 Å². The number of hydrogen-bond acceptors (Lipinski definition) is 3. The maximum atomic E-state index is 13.7. The number of nitrogens with zero attached hydrogens (tertiary/aromatic N) is 1. The first-order valence-corrected chi connectivity index (χ1v) is 9.49. The van der Waals surface area contributed by atoms with Crippen molar-refractivity contribution in [3.8, 4) is 0 Å². The van der Waals surface area contributed by atoms with Gasteiger partial charge in [0, 0.05) is 18.3 Å². The number of piperidine rings is 1. The van der Waals surface area contributed by atoms with Crippen molar-refractivity contribution >= 4 is 11.9 Å². The second-order valence-corrected chi connectivity index (χ2v) is 8.30. The highest BCUT2D eigenvalue weighted by molar-refractivity contribution is 7.97. The van der Waals surface area contributed by atoms with E-state index in [1.807, 2.05) is 0 Å². The summed E-state index contributed by atoms with van der Waals surface area (Å²) in [6, 6.07) is -1.46. The zero-order valence-electron chi connectivity index (χ0n) is 13.9. The van der Waals surface area contributed by atoms with Gasteiger partial charge in [-0.15, -0.1) is 0 Å². The van der Waals surface area contributed by atoms with Crippen molar-refractivity contribution in [2.75, 3.05) is 19.6 Å². The lowest BCUT2D eigenvalue weighted by Gasteiger charge is -2.41. The summed E-state index contributed by atoms with van der Waals surface area (Å²) in [7, 11) is 0. The molecule has 0 spiro atoms. The summed E-state index contributed by atoms with van der Waals surface area (Å²) in [4.78, 5) is 0. The van der Waals surface area contributed by atoms with Gasteiger partial charge in [0.2, 0.25) is 0 Å². The summed E-state index contributed by atoms with van der Waals surface area (Å²) in [5.74, 6) is 0.00897. The maximum Gasteiger partial charge on any atom is 0.405 e. The first kappa shape index (κ1) is 19.3. The standard InChI is InChI=1S/C16H28F4N2S/c1-3-22(23-14-8-11(2)9-21-10-14)15(16(18,19)20)12-4-6-13(17)7-5-12/h11-15,21H,3-10H2,1-2H3. The Hall–Kier alpha value is -0.0100. The zero-order chi connectivity index (χ0) is 17.0. The van der Waals surface area contributed by atoms with Gasteiger partial charge >= 0.3 is 6.18 Å². The first-order valence-electron chi connectivity index (χ1n) is 8.66. The van der Waals surface area contributed by atoms with E-state index in [1.165, 1.54) is 16.3 Å². The molecular formula is C16H28F4N2S. The third kappa shape index (κ3) is 5.49. The molecule has 0 aromatic heterocycles. The fraction of sp³-hybridized carbons (Fsp3) is 1.00. The van der Waals surface area contributed by atoms with Gasteiger partial charge in [0.15, 0.2) is 0 Å². The van der Waals surface area contributed by atoms with Crippen LogP contribution in [0.5, 0.6) is 0 Å². The largest absolute Gasteiger partial charge is 0.405 e. The van der Waals surface area contributed by atoms with Crippen LogP contribution < -0.4 is 5.32 Å². The molecule has 7 heteroatoms. The molecule has 2 fully saturated rings. The summed E-state index contributed by atoms with van der Waals surface area (Å²) >= 11 is 1.36. The fourth-order valence-corrected chi connectivity index (χ4v) is 5.34. The highest BCUT2D eigenvalue weighted by atomic mass is 32.2. The van der Waals surface area contributed by atoms with E-state index in [0.717, 1.165) is 19.5 Å². The quantitative estimate of drug-likeness (QED) is 0.580. The molecule has 23 heavy (non-hydrogen) atoms. The second kappa shape index (κ2) is 8.39. The van der Waals surface area contributed by atoms with Crippen LogP contribution >= 0.6 is 11.9 Å². The molecule has 0 radical (unpaired) electrons. The van der Waals surface area contributed by atoms with Crippen molar-refractivity contribution in [2.24, 2.45) is 11.8 Å². The van der Waals surface area contributed by atoms with Crippen LogP contribution in [0.15, 0.2) is 0 Å². The van der Waals surface area contributed by atoms with Gasteiger partial charge < -0.3 is 5.32 Å². The molecule has 0 aromatic rings. The molecule has 0 bridgehead atoms. The van der Waals surface area contributed by atoms with E-state index in [9.17, 15) is 17.6 Å². The van der Waals surface area contributed by atoms with Crippen molar-refractivity contribution in [1.29, 1.82) is 0 Å². The molecule has 0 amide bonds. The van der Waals surface area contributed by atoms with Crippen molar-refractivity contribution in [2.45, 2.75) is 69.6 Å².